The van der Waals surface area contributed by atoms with Gasteiger partial charge in [-0.1, -0.05) is 26.0 Å². The van der Waals surface area contributed by atoms with Crippen molar-refractivity contribution in [3.8, 4) is 0 Å². The Morgan fingerprint density at radius 1 is 1.42 bits per heavy atom. The lowest BCUT2D eigenvalue weighted by Crippen LogP contribution is -2.32. The van der Waals surface area contributed by atoms with Gasteiger partial charge in [-0.05, 0) is 19.9 Å². The van der Waals surface area contributed by atoms with Gasteiger partial charge in [0.05, 0.1) is 0 Å². The van der Waals surface area contributed by atoms with Gasteiger partial charge < -0.3 is 0 Å². The van der Waals surface area contributed by atoms with E-state index in [9.17, 15) is 0 Å². The lowest BCUT2D eigenvalue weighted by atomic mass is 10.1. The van der Waals surface area contributed by atoms with E-state index in [4.69, 9.17) is 0 Å². The third-order valence-corrected chi connectivity index (χ3v) is 2.71. The molecule has 0 aromatic rings. The van der Waals surface area contributed by atoms with Gasteiger partial charge in [-0.15, -0.1) is 0 Å². The average Bonchev–Trinajstić information content (AvgIpc) is 2.06. The van der Waals surface area contributed by atoms with Crippen LogP contribution in [0, 0.1) is 0 Å². The Hall–Kier alpha value is 0.0500. The van der Waals surface area contributed by atoms with Gasteiger partial charge in [0, 0.05) is 18.3 Å². The fourth-order valence-electron chi connectivity index (χ4n) is 1.44. The maximum Gasteiger partial charge on any atom is 0.0198 e. The third-order valence-electron chi connectivity index (χ3n) is 2.26. The number of thiol groups is 1. The van der Waals surface area contributed by atoms with Crippen molar-refractivity contribution >= 4 is 12.6 Å². The van der Waals surface area contributed by atoms with Crippen LogP contribution in [-0.2, 0) is 0 Å². The maximum atomic E-state index is 4.19. The second-order valence-electron chi connectivity index (χ2n) is 3.29. The van der Waals surface area contributed by atoms with E-state index in [1.807, 2.05) is 0 Å². The van der Waals surface area contributed by atoms with Crippen LogP contribution < -0.4 is 0 Å². The molecular weight excluding hydrogens is 166 g/mol. The standard InChI is InChI=1S/C10H21NS/c1-5-10(6-2)11(4)7-9(3)8-12/h10,12H,3,5-8H2,1-2,4H3. The molecular formula is C10H21NS. The van der Waals surface area contributed by atoms with Crippen LogP contribution >= 0.6 is 12.6 Å². The topological polar surface area (TPSA) is 3.24 Å². The molecule has 0 unspecified atom stereocenters. The fraction of sp³-hybridized carbons (Fsp3) is 0.800. The van der Waals surface area contributed by atoms with Crippen molar-refractivity contribution in [1.82, 2.24) is 4.90 Å². The summed E-state index contributed by atoms with van der Waals surface area (Å²) >= 11 is 4.19. The highest BCUT2D eigenvalue weighted by atomic mass is 32.1. The van der Waals surface area contributed by atoms with E-state index in [1.165, 1.54) is 18.4 Å². The molecule has 0 aliphatic carbocycles. The minimum absolute atomic E-state index is 0.696. The van der Waals surface area contributed by atoms with Gasteiger partial charge in [-0.25, -0.2) is 0 Å². The molecule has 0 fully saturated rings. The molecule has 0 saturated carbocycles. The molecule has 2 heteroatoms. The first-order chi connectivity index (χ1) is 5.65. The molecule has 0 amide bonds. The molecule has 1 nitrogen and oxygen atoms in total. The Labute approximate surface area is 82.2 Å². The zero-order valence-electron chi connectivity index (χ0n) is 8.51. The van der Waals surface area contributed by atoms with E-state index in [-0.39, 0.29) is 0 Å². The molecule has 0 bridgehead atoms. The minimum atomic E-state index is 0.696. The van der Waals surface area contributed by atoms with Gasteiger partial charge in [0.15, 0.2) is 0 Å². The van der Waals surface area contributed by atoms with Crippen molar-refractivity contribution in [2.24, 2.45) is 0 Å². The highest BCUT2D eigenvalue weighted by molar-refractivity contribution is 7.80. The van der Waals surface area contributed by atoms with Crippen molar-refractivity contribution in [1.29, 1.82) is 0 Å². The van der Waals surface area contributed by atoms with Crippen LogP contribution in [0.15, 0.2) is 12.2 Å². The number of rotatable bonds is 6. The molecule has 0 rings (SSSR count). The van der Waals surface area contributed by atoms with Gasteiger partial charge in [0.2, 0.25) is 0 Å². The van der Waals surface area contributed by atoms with Crippen LogP contribution in [-0.4, -0.2) is 30.3 Å². The number of hydrogen-bond acceptors (Lipinski definition) is 2. The molecule has 0 atom stereocenters. The van der Waals surface area contributed by atoms with Gasteiger partial charge in [-0.3, -0.25) is 4.90 Å². The predicted octanol–water partition coefficient (Wildman–Crippen LogP) is 2.59. The van der Waals surface area contributed by atoms with Crippen LogP contribution in [0.1, 0.15) is 26.7 Å². The zero-order chi connectivity index (χ0) is 9.56. The quantitative estimate of drug-likeness (QED) is 0.494. The smallest absolute Gasteiger partial charge is 0.0198 e. The number of hydrogen-bond donors (Lipinski definition) is 1. The average molecular weight is 187 g/mol. The Morgan fingerprint density at radius 2 is 1.92 bits per heavy atom. The van der Waals surface area contributed by atoms with E-state index in [0.29, 0.717) is 6.04 Å². The molecule has 0 heterocycles. The van der Waals surface area contributed by atoms with Gasteiger partial charge in [0.25, 0.3) is 0 Å². The van der Waals surface area contributed by atoms with Gasteiger partial charge >= 0.3 is 0 Å². The molecule has 0 radical (unpaired) electrons. The lowest BCUT2D eigenvalue weighted by Gasteiger charge is -2.26. The van der Waals surface area contributed by atoms with Gasteiger partial charge in [0.1, 0.15) is 0 Å². The fourth-order valence-corrected chi connectivity index (χ4v) is 1.54. The monoisotopic (exact) mass is 187 g/mol. The van der Waals surface area contributed by atoms with Crippen molar-refractivity contribution < 1.29 is 0 Å². The zero-order valence-corrected chi connectivity index (χ0v) is 9.40. The predicted molar refractivity (Wildman–Crippen MR) is 60.0 cm³/mol. The molecule has 12 heavy (non-hydrogen) atoms. The maximum absolute atomic E-state index is 4.19. The Morgan fingerprint density at radius 3 is 2.25 bits per heavy atom. The Bertz CT molecular complexity index is 130. The van der Waals surface area contributed by atoms with Crippen molar-refractivity contribution in [2.45, 2.75) is 32.7 Å². The largest absolute Gasteiger partial charge is 0.299 e. The molecule has 0 aromatic heterocycles. The number of nitrogens with zero attached hydrogens (tertiary/aromatic N) is 1. The van der Waals surface area contributed by atoms with E-state index < -0.39 is 0 Å². The summed E-state index contributed by atoms with van der Waals surface area (Å²) in [4.78, 5) is 2.36. The summed E-state index contributed by atoms with van der Waals surface area (Å²) in [5, 5.41) is 0. The normalized spacial score (nSPS) is 11.2. The van der Waals surface area contributed by atoms with E-state index in [1.54, 1.807) is 0 Å². The van der Waals surface area contributed by atoms with Crippen molar-refractivity contribution in [2.75, 3.05) is 19.3 Å². The van der Waals surface area contributed by atoms with Crippen LogP contribution in [0.3, 0.4) is 0 Å². The van der Waals surface area contributed by atoms with Crippen LogP contribution in [0.4, 0.5) is 0 Å². The summed E-state index contributed by atoms with van der Waals surface area (Å²) in [6.07, 6.45) is 2.43. The summed E-state index contributed by atoms with van der Waals surface area (Å²) in [5.41, 5.74) is 1.20. The Kier molecular flexibility index (Phi) is 6.58. The SMILES string of the molecule is C=C(CS)CN(C)C(CC)CC. The molecule has 0 spiro atoms. The van der Waals surface area contributed by atoms with Crippen molar-refractivity contribution in [3.63, 3.8) is 0 Å². The first-order valence-corrected chi connectivity index (χ1v) is 5.26. The van der Waals surface area contributed by atoms with Crippen LogP contribution in [0.2, 0.25) is 0 Å². The minimum Gasteiger partial charge on any atom is -0.299 e. The first kappa shape index (κ1) is 12.0. The second-order valence-corrected chi connectivity index (χ2v) is 3.61. The summed E-state index contributed by atoms with van der Waals surface area (Å²) < 4.78 is 0. The summed E-state index contributed by atoms with van der Waals surface area (Å²) in [6, 6.07) is 0.696. The third kappa shape index (κ3) is 4.17. The van der Waals surface area contributed by atoms with E-state index in [0.717, 1.165) is 12.3 Å². The highest BCUT2D eigenvalue weighted by Crippen LogP contribution is 2.08. The van der Waals surface area contributed by atoms with Crippen molar-refractivity contribution in [3.05, 3.63) is 12.2 Å². The van der Waals surface area contributed by atoms with Crippen LogP contribution in [0.5, 0.6) is 0 Å². The highest BCUT2D eigenvalue weighted by Gasteiger charge is 2.09. The summed E-state index contributed by atoms with van der Waals surface area (Å²) in [5.74, 6) is 0.796. The lowest BCUT2D eigenvalue weighted by molar-refractivity contribution is 0.248. The second kappa shape index (κ2) is 6.55. The molecule has 0 aliphatic heterocycles. The molecule has 0 aliphatic rings. The molecule has 0 aromatic carbocycles. The first-order valence-electron chi connectivity index (χ1n) is 4.63. The van der Waals surface area contributed by atoms with Gasteiger partial charge in [-0.2, -0.15) is 12.6 Å². The van der Waals surface area contributed by atoms with E-state index in [2.05, 4.69) is 45.0 Å². The molecule has 72 valence electrons. The van der Waals surface area contributed by atoms with E-state index >= 15 is 0 Å². The Balaban J connectivity index is 3.83. The van der Waals surface area contributed by atoms with Crippen LogP contribution in [0.25, 0.3) is 0 Å². The molecule has 0 N–H and O–H groups in total. The number of likely N-dealkylation sites (N-methyl/N-ethyl adjacent to an activating group) is 1. The summed E-state index contributed by atoms with van der Waals surface area (Å²) in [7, 11) is 2.16. The summed E-state index contributed by atoms with van der Waals surface area (Å²) in [6.45, 7) is 9.39. The molecule has 0 saturated heterocycles.